The third kappa shape index (κ3) is 5.08. The van der Waals surface area contributed by atoms with Gasteiger partial charge in [-0.2, -0.15) is 5.10 Å². The number of aromatic nitrogens is 3. The van der Waals surface area contributed by atoms with Crippen molar-refractivity contribution in [3.63, 3.8) is 0 Å². The zero-order chi connectivity index (χ0) is 20.0. The van der Waals surface area contributed by atoms with Crippen LogP contribution in [0.25, 0.3) is 5.69 Å². The van der Waals surface area contributed by atoms with Gasteiger partial charge in [-0.15, -0.1) is 0 Å². The zero-order valence-corrected chi connectivity index (χ0v) is 15.7. The van der Waals surface area contributed by atoms with Crippen molar-refractivity contribution in [3.8, 4) is 5.69 Å². The van der Waals surface area contributed by atoms with Crippen molar-refractivity contribution < 1.29 is 18.1 Å². The summed E-state index contributed by atoms with van der Waals surface area (Å²) in [4.78, 5) is 26.7. The number of rotatable bonds is 9. The van der Waals surface area contributed by atoms with Crippen LogP contribution in [0, 0.1) is 10.1 Å². The maximum Gasteiger partial charge on any atom is 0.295 e. The van der Waals surface area contributed by atoms with Gasteiger partial charge in [0.05, 0.1) is 10.7 Å². The van der Waals surface area contributed by atoms with Crippen molar-refractivity contribution >= 4 is 21.6 Å². The Balaban J connectivity index is 2.01. The summed E-state index contributed by atoms with van der Waals surface area (Å²) < 4.78 is 25.8. The molecule has 1 amide bonds. The number of carbonyl (C=O) groups excluding carboxylic acids is 1. The van der Waals surface area contributed by atoms with Gasteiger partial charge in [0, 0.05) is 31.8 Å². The van der Waals surface area contributed by atoms with Crippen LogP contribution in [0.4, 0.5) is 5.69 Å². The van der Waals surface area contributed by atoms with Crippen LogP contribution in [0.3, 0.4) is 0 Å². The molecule has 0 aliphatic carbocycles. The van der Waals surface area contributed by atoms with E-state index < -0.39 is 20.9 Å². The van der Waals surface area contributed by atoms with E-state index in [1.54, 1.807) is 6.92 Å². The van der Waals surface area contributed by atoms with E-state index in [0.717, 1.165) is 0 Å². The minimum Gasteiger partial charge on any atom is -0.352 e. The maximum absolute atomic E-state index is 12.2. The maximum atomic E-state index is 12.2. The predicted molar refractivity (Wildman–Crippen MR) is 97.1 cm³/mol. The van der Waals surface area contributed by atoms with Crippen LogP contribution in [0.5, 0.6) is 0 Å². The summed E-state index contributed by atoms with van der Waals surface area (Å²) in [6, 6.07) is 4.04. The summed E-state index contributed by atoms with van der Waals surface area (Å²) in [6.07, 6.45) is 2.99. The molecule has 27 heavy (non-hydrogen) atoms. The average molecular weight is 396 g/mol. The number of nitro groups is 1. The number of nitrogens with one attached hydrogen (secondary N) is 1. The summed E-state index contributed by atoms with van der Waals surface area (Å²) >= 11 is 0. The van der Waals surface area contributed by atoms with Crippen LogP contribution in [0.1, 0.15) is 23.7 Å². The Morgan fingerprint density at radius 3 is 2.74 bits per heavy atom. The highest BCUT2D eigenvalue weighted by atomic mass is 32.2. The first kappa shape index (κ1) is 20.5. The molecule has 146 valence electrons. The number of amides is 1. The number of hydrogen-bond acceptors (Lipinski definition) is 7. The Kier molecular flexibility index (Phi) is 6.58. The zero-order valence-electron chi connectivity index (χ0n) is 14.9. The molecule has 2 aromatic rings. The molecule has 0 atom stereocenters. The van der Waals surface area contributed by atoms with Crippen LogP contribution in [-0.4, -0.2) is 64.2 Å². The lowest BCUT2D eigenvalue weighted by Gasteiger charge is -2.15. The van der Waals surface area contributed by atoms with E-state index in [1.165, 1.54) is 46.9 Å². The van der Waals surface area contributed by atoms with Crippen molar-refractivity contribution in [1.82, 2.24) is 24.4 Å². The predicted octanol–water partition coefficient (Wildman–Crippen LogP) is 0.577. The van der Waals surface area contributed by atoms with E-state index in [2.05, 4.69) is 15.4 Å². The third-order valence-electron chi connectivity index (χ3n) is 3.87. The Labute approximate surface area is 156 Å². The molecule has 12 heteroatoms. The van der Waals surface area contributed by atoms with Crippen molar-refractivity contribution in [3.05, 3.63) is 46.5 Å². The summed E-state index contributed by atoms with van der Waals surface area (Å²) in [7, 11) is -1.78. The van der Waals surface area contributed by atoms with Gasteiger partial charge in [-0.05, 0) is 25.5 Å². The van der Waals surface area contributed by atoms with Crippen molar-refractivity contribution in [2.24, 2.45) is 0 Å². The smallest absolute Gasteiger partial charge is 0.295 e. The molecule has 11 nitrogen and oxygen atoms in total. The first-order valence-corrected chi connectivity index (χ1v) is 9.73. The first-order chi connectivity index (χ1) is 12.8. The molecule has 0 bridgehead atoms. The van der Waals surface area contributed by atoms with E-state index in [4.69, 9.17) is 0 Å². The lowest BCUT2D eigenvalue weighted by molar-refractivity contribution is -0.384. The van der Waals surface area contributed by atoms with E-state index in [0.29, 0.717) is 6.42 Å². The summed E-state index contributed by atoms with van der Waals surface area (Å²) in [5.41, 5.74) is 0.0440. The average Bonchev–Trinajstić information content (AvgIpc) is 3.18. The van der Waals surface area contributed by atoms with E-state index in [9.17, 15) is 23.3 Å². The second kappa shape index (κ2) is 8.68. The second-order valence-corrected chi connectivity index (χ2v) is 8.00. The fraction of sp³-hybridized carbons (Fsp3) is 0.400. The Bertz CT molecular complexity index is 913. The van der Waals surface area contributed by atoms with E-state index in [-0.39, 0.29) is 35.8 Å². The van der Waals surface area contributed by atoms with Gasteiger partial charge in [0.1, 0.15) is 18.3 Å². The topological polar surface area (TPSA) is 140 Å². The lowest BCUT2D eigenvalue weighted by atomic mass is 10.1. The molecule has 0 aliphatic heterocycles. The van der Waals surface area contributed by atoms with Crippen LogP contribution < -0.4 is 5.32 Å². The van der Waals surface area contributed by atoms with Crippen LogP contribution in [0.15, 0.2) is 30.9 Å². The summed E-state index contributed by atoms with van der Waals surface area (Å²) in [6.45, 7) is 2.06. The molecule has 0 saturated heterocycles. The number of sulfonamides is 1. The molecule has 0 spiro atoms. The third-order valence-corrected chi connectivity index (χ3v) is 5.74. The van der Waals surface area contributed by atoms with Crippen molar-refractivity contribution in [2.75, 3.05) is 25.9 Å². The van der Waals surface area contributed by atoms with Crippen LogP contribution in [-0.2, 0) is 10.0 Å². The summed E-state index contributed by atoms with van der Waals surface area (Å²) in [5, 5.41) is 17.8. The van der Waals surface area contributed by atoms with Crippen molar-refractivity contribution in [2.45, 2.75) is 13.3 Å². The van der Waals surface area contributed by atoms with Gasteiger partial charge in [0.2, 0.25) is 10.0 Å². The van der Waals surface area contributed by atoms with Crippen molar-refractivity contribution in [1.29, 1.82) is 0 Å². The van der Waals surface area contributed by atoms with Gasteiger partial charge >= 0.3 is 0 Å². The first-order valence-electron chi connectivity index (χ1n) is 8.12. The molecule has 2 rings (SSSR count). The van der Waals surface area contributed by atoms with Gasteiger partial charge in [-0.3, -0.25) is 14.9 Å². The number of carbonyl (C=O) groups is 1. The van der Waals surface area contributed by atoms with Gasteiger partial charge in [0.25, 0.3) is 11.6 Å². The quantitative estimate of drug-likeness (QED) is 0.371. The standard InChI is InChI=1S/C15H20N6O5S/c1-3-27(25,26)19(2)8-4-7-17-15(22)12-5-6-13(14(9-12)21(23)24)20-11-16-10-18-20/h5-6,9-11H,3-4,7-8H2,1-2H3,(H,17,22). The highest BCUT2D eigenvalue weighted by Crippen LogP contribution is 2.23. The number of benzene rings is 1. The molecule has 0 saturated carbocycles. The SMILES string of the molecule is CCS(=O)(=O)N(C)CCCNC(=O)c1ccc(-n2cncn2)c([N+](=O)[O-])c1. The number of nitro benzene ring substituents is 1. The molecule has 1 aromatic heterocycles. The van der Waals surface area contributed by atoms with E-state index in [1.807, 2.05) is 0 Å². The molecule has 1 heterocycles. The molecule has 0 fully saturated rings. The fourth-order valence-electron chi connectivity index (χ4n) is 2.30. The molecule has 1 aromatic carbocycles. The molecular weight excluding hydrogens is 376 g/mol. The van der Waals surface area contributed by atoms with Crippen LogP contribution >= 0.6 is 0 Å². The largest absolute Gasteiger partial charge is 0.352 e. The molecular formula is C15H20N6O5S. The number of hydrogen-bond donors (Lipinski definition) is 1. The molecule has 0 unspecified atom stereocenters. The fourth-order valence-corrected chi connectivity index (χ4v) is 3.15. The monoisotopic (exact) mass is 396 g/mol. The van der Waals surface area contributed by atoms with E-state index >= 15 is 0 Å². The van der Waals surface area contributed by atoms with Gasteiger partial charge in [-0.25, -0.2) is 22.4 Å². The number of nitrogens with zero attached hydrogens (tertiary/aromatic N) is 5. The molecule has 1 N–H and O–H groups in total. The molecule has 0 aliphatic rings. The van der Waals surface area contributed by atoms with Crippen LogP contribution in [0.2, 0.25) is 0 Å². The Hall–Kier alpha value is -2.86. The highest BCUT2D eigenvalue weighted by Gasteiger charge is 2.19. The molecule has 0 radical (unpaired) electrons. The minimum atomic E-state index is -3.26. The van der Waals surface area contributed by atoms with Gasteiger partial charge in [0.15, 0.2) is 0 Å². The Morgan fingerprint density at radius 1 is 1.41 bits per heavy atom. The lowest BCUT2D eigenvalue weighted by Crippen LogP contribution is -2.32. The normalized spacial score (nSPS) is 11.5. The summed E-state index contributed by atoms with van der Waals surface area (Å²) in [5.74, 6) is -0.471. The second-order valence-electron chi connectivity index (χ2n) is 5.63. The Morgan fingerprint density at radius 2 is 2.15 bits per heavy atom. The van der Waals surface area contributed by atoms with Gasteiger partial charge < -0.3 is 5.32 Å². The van der Waals surface area contributed by atoms with Gasteiger partial charge in [-0.1, -0.05) is 0 Å². The minimum absolute atomic E-state index is 0.0116. The highest BCUT2D eigenvalue weighted by molar-refractivity contribution is 7.89.